The lowest BCUT2D eigenvalue weighted by Crippen LogP contribution is -2.39. The van der Waals surface area contributed by atoms with Crippen LogP contribution in [0.5, 0.6) is 5.75 Å². The molecule has 2 aromatic carbocycles. The van der Waals surface area contributed by atoms with Gasteiger partial charge in [-0.2, -0.15) is 0 Å². The minimum absolute atomic E-state index is 0.379. The first-order valence-electron chi connectivity index (χ1n) is 8.44. The smallest absolute Gasteiger partial charge is 0.356 e. The molecule has 0 aliphatic rings. The predicted molar refractivity (Wildman–Crippen MR) is 99.3 cm³/mol. The van der Waals surface area contributed by atoms with Crippen molar-refractivity contribution >= 4 is 17.0 Å². The van der Waals surface area contributed by atoms with E-state index in [1.165, 1.54) is 0 Å². The van der Waals surface area contributed by atoms with Gasteiger partial charge in [0.2, 0.25) is 0 Å². The molecule has 0 amide bonds. The highest BCUT2D eigenvalue weighted by molar-refractivity contribution is 5.73. The van der Waals surface area contributed by atoms with Gasteiger partial charge in [0, 0.05) is 0 Å². The summed E-state index contributed by atoms with van der Waals surface area (Å²) < 4.78 is 9.38. The van der Waals surface area contributed by atoms with Crippen molar-refractivity contribution in [2.45, 2.75) is 26.1 Å². The molecule has 0 saturated carbocycles. The number of para-hydroxylation sites is 2. The lowest BCUT2D eigenvalue weighted by atomic mass is 10.1. The topological polar surface area (TPSA) is 64.3 Å². The fourth-order valence-electron chi connectivity index (χ4n) is 3.06. The SMILES string of the molecule is C=CCn1c(N)[n+](CC(O)c2ccc(OCC)cc2)c2ccccc21. The first kappa shape index (κ1) is 17.0. The van der Waals surface area contributed by atoms with Crippen LogP contribution in [0, 0.1) is 0 Å². The highest BCUT2D eigenvalue weighted by atomic mass is 16.5. The third kappa shape index (κ3) is 3.37. The summed E-state index contributed by atoms with van der Waals surface area (Å²) in [5, 5.41) is 10.7. The van der Waals surface area contributed by atoms with E-state index in [1.807, 2.05) is 70.7 Å². The van der Waals surface area contributed by atoms with E-state index < -0.39 is 6.10 Å². The van der Waals surface area contributed by atoms with Gasteiger partial charge in [0.15, 0.2) is 0 Å². The number of nitrogens with zero attached hydrogens (tertiary/aromatic N) is 2. The maximum absolute atomic E-state index is 10.7. The molecule has 25 heavy (non-hydrogen) atoms. The number of benzene rings is 2. The lowest BCUT2D eigenvalue weighted by Gasteiger charge is -2.11. The molecular weight excluding hydrogens is 314 g/mol. The number of allylic oxidation sites excluding steroid dienone is 1. The highest BCUT2D eigenvalue weighted by Gasteiger charge is 2.22. The number of aliphatic hydroxyl groups excluding tert-OH is 1. The van der Waals surface area contributed by atoms with Crippen molar-refractivity contribution in [3.8, 4) is 5.75 Å². The minimum atomic E-state index is -0.661. The van der Waals surface area contributed by atoms with Gasteiger partial charge in [-0.3, -0.25) is 5.73 Å². The average molecular weight is 338 g/mol. The van der Waals surface area contributed by atoms with E-state index in [2.05, 4.69) is 6.58 Å². The Bertz CT molecular complexity index is 869. The summed E-state index contributed by atoms with van der Waals surface area (Å²) in [6.07, 6.45) is 1.15. The Hall–Kier alpha value is -2.79. The second kappa shape index (κ2) is 7.40. The molecular formula is C20H24N3O2+. The molecule has 3 aromatic rings. The Morgan fingerprint density at radius 1 is 1.24 bits per heavy atom. The number of fused-ring (bicyclic) bond motifs is 1. The molecule has 0 aliphatic carbocycles. The summed E-state index contributed by atoms with van der Waals surface area (Å²) in [6, 6.07) is 15.5. The molecule has 130 valence electrons. The summed E-state index contributed by atoms with van der Waals surface area (Å²) in [7, 11) is 0. The lowest BCUT2D eigenvalue weighted by molar-refractivity contribution is -0.666. The molecule has 0 bridgehead atoms. The van der Waals surface area contributed by atoms with Crippen molar-refractivity contribution in [1.82, 2.24) is 4.57 Å². The van der Waals surface area contributed by atoms with Crippen LogP contribution in [0.15, 0.2) is 61.2 Å². The molecule has 0 radical (unpaired) electrons. The van der Waals surface area contributed by atoms with Gasteiger partial charge in [0.05, 0.1) is 13.2 Å². The van der Waals surface area contributed by atoms with Gasteiger partial charge < -0.3 is 9.84 Å². The predicted octanol–water partition coefficient (Wildman–Crippen LogP) is 2.83. The molecule has 1 unspecified atom stereocenters. The first-order chi connectivity index (χ1) is 12.2. The number of imidazole rings is 1. The van der Waals surface area contributed by atoms with E-state index in [0.717, 1.165) is 22.3 Å². The molecule has 5 nitrogen and oxygen atoms in total. The zero-order chi connectivity index (χ0) is 17.8. The van der Waals surface area contributed by atoms with Gasteiger partial charge in [-0.1, -0.05) is 36.9 Å². The number of rotatable bonds is 7. The van der Waals surface area contributed by atoms with Crippen molar-refractivity contribution in [3.63, 3.8) is 0 Å². The summed E-state index contributed by atoms with van der Waals surface area (Å²) in [6.45, 7) is 7.37. The van der Waals surface area contributed by atoms with E-state index >= 15 is 0 Å². The second-order valence-electron chi connectivity index (χ2n) is 5.87. The molecule has 1 aromatic heterocycles. The molecule has 3 rings (SSSR count). The molecule has 0 saturated heterocycles. The Balaban J connectivity index is 1.91. The number of nitrogens with two attached hydrogens (primary N) is 1. The number of hydrogen-bond acceptors (Lipinski definition) is 3. The minimum Gasteiger partial charge on any atom is -0.494 e. The maximum atomic E-state index is 10.7. The summed E-state index contributed by atoms with van der Waals surface area (Å²) in [5.74, 6) is 1.40. The van der Waals surface area contributed by atoms with Crippen molar-refractivity contribution in [1.29, 1.82) is 0 Å². The number of anilines is 1. The number of aromatic nitrogens is 2. The molecule has 0 aliphatic heterocycles. The Morgan fingerprint density at radius 2 is 1.96 bits per heavy atom. The van der Waals surface area contributed by atoms with Gasteiger partial charge in [-0.05, 0) is 36.8 Å². The van der Waals surface area contributed by atoms with Gasteiger partial charge in [-0.25, -0.2) is 9.13 Å². The van der Waals surface area contributed by atoms with E-state index in [9.17, 15) is 5.11 Å². The van der Waals surface area contributed by atoms with E-state index in [0.29, 0.717) is 25.6 Å². The maximum Gasteiger partial charge on any atom is 0.356 e. The molecule has 5 heteroatoms. The van der Waals surface area contributed by atoms with E-state index in [-0.39, 0.29) is 0 Å². The zero-order valence-electron chi connectivity index (χ0n) is 14.4. The van der Waals surface area contributed by atoms with Crippen LogP contribution in [0.4, 0.5) is 5.95 Å². The van der Waals surface area contributed by atoms with Gasteiger partial charge in [0.25, 0.3) is 0 Å². The number of hydrogen-bond donors (Lipinski definition) is 2. The molecule has 3 N–H and O–H groups in total. The van der Waals surface area contributed by atoms with Crippen LogP contribution < -0.4 is 15.0 Å². The molecule has 0 fully saturated rings. The van der Waals surface area contributed by atoms with Crippen LogP contribution in [-0.4, -0.2) is 16.3 Å². The summed E-state index contributed by atoms with van der Waals surface area (Å²) in [4.78, 5) is 0. The van der Waals surface area contributed by atoms with Gasteiger partial charge in [-0.15, -0.1) is 0 Å². The third-order valence-electron chi connectivity index (χ3n) is 4.26. The summed E-state index contributed by atoms with van der Waals surface area (Å²) in [5.41, 5.74) is 9.19. The zero-order valence-corrected chi connectivity index (χ0v) is 14.4. The number of ether oxygens (including phenoxy) is 1. The van der Waals surface area contributed by atoms with Crippen LogP contribution in [-0.2, 0) is 13.1 Å². The van der Waals surface area contributed by atoms with Crippen LogP contribution in [0.3, 0.4) is 0 Å². The van der Waals surface area contributed by atoms with E-state index in [4.69, 9.17) is 10.5 Å². The van der Waals surface area contributed by atoms with Crippen molar-refractivity contribution in [3.05, 3.63) is 66.7 Å². The van der Waals surface area contributed by atoms with Gasteiger partial charge >= 0.3 is 5.95 Å². The fraction of sp³-hybridized carbons (Fsp3) is 0.250. The van der Waals surface area contributed by atoms with Crippen molar-refractivity contribution < 1.29 is 14.4 Å². The van der Waals surface area contributed by atoms with Gasteiger partial charge in [0.1, 0.15) is 29.4 Å². The summed E-state index contributed by atoms with van der Waals surface area (Å²) >= 11 is 0. The molecule has 1 heterocycles. The molecule has 1 atom stereocenters. The first-order valence-corrected chi connectivity index (χ1v) is 8.44. The Morgan fingerprint density at radius 3 is 2.64 bits per heavy atom. The molecule has 0 spiro atoms. The monoisotopic (exact) mass is 338 g/mol. The highest BCUT2D eigenvalue weighted by Crippen LogP contribution is 2.21. The van der Waals surface area contributed by atoms with Crippen molar-refractivity contribution in [2.24, 2.45) is 0 Å². The average Bonchev–Trinajstić information content (AvgIpc) is 2.89. The standard InChI is InChI=1S/C20H23N3O2/c1-3-13-22-17-7-5-6-8-18(17)23(20(22)21)14-19(24)15-9-11-16(12-10-15)25-4-2/h3,5-12,19,21,24H,1,4,13-14H2,2H3/p+1. The number of nitrogen functional groups attached to an aromatic ring is 1. The third-order valence-corrected chi connectivity index (χ3v) is 4.26. The second-order valence-corrected chi connectivity index (χ2v) is 5.87. The quantitative estimate of drug-likeness (QED) is 0.514. The van der Waals surface area contributed by atoms with Crippen molar-refractivity contribution in [2.75, 3.05) is 12.3 Å². The fourth-order valence-corrected chi connectivity index (χ4v) is 3.06. The largest absolute Gasteiger partial charge is 0.494 e. The normalized spacial score (nSPS) is 12.2. The number of aliphatic hydroxyl groups is 1. The van der Waals surface area contributed by atoms with Crippen LogP contribution in [0.25, 0.3) is 11.0 Å². The van der Waals surface area contributed by atoms with Crippen LogP contribution >= 0.6 is 0 Å². The van der Waals surface area contributed by atoms with Crippen LogP contribution in [0.1, 0.15) is 18.6 Å². The van der Waals surface area contributed by atoms with E-state index in [1.54, 1.807) is 0 Å². The Kier molecular flexibility index (Phi) is 5.05. The van der Waals surface area contributed by atoms with Crippen LogP contribution in [0.2, 0.25) is 0 Å². The Labute approximate surface area is 147 Å².